The standard InChI is InChI=1S/C16H16ClN3O2/c1-16(2)15(21)20(9-10-5-3-4-6-11(10)17)14-12(22-16)7-8-13(18)19-14/h3-8H,9H2,1-2H3,(H2,18,19). The van der Waals surface area contributed by atoms with Gasteiger partial charge < -0.3 is 10.5 Å². The summed E-state index contributed by atoms with van der Waals surface area (Å²) in [7, 11) is 0. The first-order valence-electron chi connectivity index (χ1n) is 6.89. The first kappa shape index (κ1) is 14.7. The van der Waals surface area contributed by atoms with Crippen molar-refractivity contribution < 1.29 is 9.53 Å². The number of nitrogens with zero attached hydrogens (tertiary/aromatic N) is 2. The molecular weight excluding hydrogens is 302 g/mol. The van der Waals surface area contributed by atoms with E-state index in [1.54, 1.807) is 36.9 Å². The van der Waals surface area contributed by atoms with Crippen LogP contribution in [-0.2, 0) is 11.3 Å². The Morgan fingerprint density at radius 1 is 1.27 bits per heavy atom. The van der Waals surface area contributed by atoms with Crippen LogP contribution in [0.5, 0.6) is 5.75 Å². The fourth-order valence-corrected chi connectivity index (χ4v) is 2.60. The van der Waals surface area contributed by atoms with Crippen LogP contribution in [0.15, 0.2) is 36.4 Å². The number of pyridine rings is 1. The maximum absolute atomic E-state index is 12.7. The maximum Gasteiger partial charge on any atom is 0.272 e. The van der Waals surface area contributed by atoms with Gasteiger partial charge >= 0.3 is 0 Å². The van der Waals surface area contributed by atoms with Gasteiger partial charge in [0.1, 0.15) is 5.82 Å². The molecule has 3 rings (SSSR count). The lowest BCUT2D eigenvalue weighted by Gasteiger charge is -2.38. The van der Waals surface area contributed by atoms with Crippen LogP contribution in [0.2, 0.25) is 5.02 Å². The molecule has 0 unspecified atom stereocenters. The summed E-state index contributed by atoms with van der Waals surface area (Å²) in [5, 5.41) is 0.602. The average molecular weight is 318 g/mol. The number of carbonyl (C=O) groups excluding carboxylic acids is 1. The highest BCUT2D eigenvalue weighted by Crippen LogP contribution is 2.38. The van der Waals surface area contributed by atoms with Gasteiger partial charge in [-0.25, -0.2) is 4.98 Å². The molecule has 1 aromatic heterocycles. The number of aromatic nitrogens is 1. The normalized spacial score (nSPS) is 16.1. The summed E-state index contributed by atoms with van der Waals surface area (Å²) in [6.07, 6.45) is 0. The highest BCUT2D eigenvalue weighted by atomic mass is 35.5. The summed E-state index contributed by atoms with van der Waals surface area (Å²) >= 11 is 6.21. The quantitative estimate of drug-likeness (QED) is 0.924. The van der Waals surface area contributed by atoms with Gasteiger partial charge in [-0.1, -0.05) is 29.8 Å². The number of hydrogen-bond acceptors (Lipinski definition) is 4. The van der Waals surface area contributed by atoms with E-state index < -0.39 is 5.60 Å². The van der Waals surface area contributed by atoms with Crippen molar-refractivity contribution in [2.75, 3.05) is 10.6 Å². The molecule has 2 heterocycles. The minimum absolute atomic E-state index is 0.182. The van der Waals surface area contributed by atoms with Crippen LogP contribution in [0.4, 0.5) is 11.6 Å². The van der Waals surface area contributed by atoms with E-state index in [4.69, 9.17) is 22.1 Å². The van der Waals surface area contributed by atoms with Crippen LogP contribution in [0, 0.1) is 0 Å². The molecule has 0 aliphatic carbocycles. The third-order valence-corrected chi connectivity index (χ3v) is 3.90. The monoisotopic (exact) mass is 317 g/mol. The Kier molecular flexibility index (Phi) is 3.45. The van der Waals surface area contributed by atoms with Crippen molar-refractivity contribution >= 4 is 29.1 Å². The highest BCUT2D eigenvalue weighted by molar-refractivity contribution is 6.31. The van der Waals surface area contributed by atoms with E-state index in [1.807, 2.05) is 18.2 Å². The third kappa shape index (κ3) is 2.48. The van der Waals surface area contributed by atoms with Gasteiger partial charge in [-0.05, 0) is 37.6 Å². The van der Waals surface area contributed by atoms with Crippen LogP contribution >= 0.6 is 11.6 Å². The molecule has 0 saturated carbocycles. The largest absolute Gasteiger partial charge is 0.474 e. The number of anilines is 2. The second kappa shape index (κ2) is 5.18. The van der Waals surface area contributed by atoms with Crippen LogP contribution < -0.4 is 15.4 Å². The van der Waals surface area contributed by atoms with Crippen molar-refractivity contribution in [3.05, 3.63) is 47.0 Å². The van der Waals surface area contributed by atoms with Gasteiger partial charge in [0.15, 0.2) is 17.2 Å². The van der Waals surface area contributed by atoms with Gasteiger partial charge in [0.25, 0.3) is 5.91 Å². The smallest absolute Gasteiger partial charge is 0.272 e. The average Bonchev–Trinajstić information content (AvgIpc) is 2.46. The number of rotatable bonds is 2. The molecule has 2 N–H and O–H groups in total. The summed E-state index contributed by atoms with van der Waals surface area (Å²) < 4.78 is 5.74. The lowest BCUT2D eigenvalue weighted by atomic mass is 10.0. The molecule has 2 aromatic rings. The fraction of sp³-hybridized carbons (Fsp3) is 0.250. The lowest BCUT2D eigenvalue weighted by molar-refractivity contribution is -0.132. The van der Waals surface area contributed by atoms with E-state index in [9.17, 15) is 4.79 Å². The maximum atomic E-state index is 12.7. The summed E-state index contributed by atoms with van der Waals surface area (Å²) in [5.41, 5.74) is 5.62. The van der Waals surface area contributed by atoms with Gasteiger partial charge in [0.05, 0.1) is 6.54 Å². The molecule has 1 aromatic carbocycles. The molecule has 5 nitrogen and oxygen atoms in total. The molecule has 0 bridgehead atoms. The number of carbonyl (C=O) groups is 1. The summed E-state index contributed by atoms with van der Waals surface area (Å²) in [4.78, 5) is 18.5. The van der Waals surface area contributed by atoms with Crippen LogP contribution in [0.3, 0.4) is 0 Å². The topological polar surface area (TPSA) is 68.5 Å². The second-order valence-corrected chi connectivity index (χ2v) is 6.06. The zero-order valence-corrected chi connectivity index (χ0v) is 13.1. The Balaban J connectivity index is 2.07. The van der Waals surface area contributed by atoms with Gasteiger partial charge in [-0.3, -0.25) is 9.69 Å². The molecule has 0 spiro atoms. The minimum atomic E-state index is -0.966. The first-order chi connectivity index (χ1) is 10.4. The third-order valence-electron chi connectivity index (χ3n) is 3.53. The molecule has 22 heavy (non-hydrogen) atoms. The van der Waals surface area contributed by atoms with Gasteiger partial charge in [0, 0.05) is 5.02 Å². The molecule has 0 atom stereocenters. The van der Waals surface area contributed by atoms with Gasteiger partial charge in [0.2, 0.25) is 0 Å². The molecular formula is C16H16ClN3O2. The summed E-state index contributed by atoms with van der Waals surface area (Å²) in [6, 6.07) is 10.8. The Labute approximate surface area is 133 Å². The van der Waals surface area contributed by atoms with E-state index in [0.29, 0.717) is 29.0 Å². The number of hydrogen-bond donors (Lipinski definition) is 1. The second-order valence-electron chi connectivity index (χ2n) is 5.65. The van der Waals surface area contributed by atoms with Crippen molar-refractivity contribution in [3.63, 3.8) is 0 Å². The SMILES string of the molecule is CC1(C)Oc2ccc(N)nc2N(Cc2ccccc2Cl)C1=O. The number of nitrogens with two attached hydrogens (primary N) is 1. The Morgan fingerprint density at radius 3 is 2.73 bits per heavy atom. The molecule has 114 valence electrons. The van der Waals surface area contributed by atoms with E-state index in [-0.39, 0.29) is 5.91 Å². The molecule has 0 radical (unpaired) electrons. The summed E-state index contributed by atoms with van der Waals surface area (Å²) in [5.74, 6) is 1.10. The molecule has 1 amide bonds. The number of fused-ring (bicyclic) bond motifs is 1. The van der Waals surface area contributed by atoms with Crippen molar-refractivity contribution in [2.45, 2.75) is 26.0 Å². The number of amides is 1. The number of ether oxygens (including phenoxy) is 1. The van der Waals surface area contributed by atoms with Crippen LogP contribution in [0.25, 0.3) is 0 Å². The van der Waals surface area contributed by atoms with Gasteiger partial charge in [-0.2, -0.15) is 0 Å². The van der Waals surface area contributed by atoms with E-state index in [1.165, 1.54) is 0 Å². The number of halogens is 1. The first-order valence-corrected chi connectivity index (χ1v) is 7.27. The molecule has 1 aliphatic rings. The van der Waals surface area contributed by atoms with Crippen molar-refractivity contribution in [1.29, 1.82) is 0 Å². The van der Waals surface area contributed by atoms with Crippen LogP contribution in [-0.4, -0.2) is 16.5 Å². The van der Waals surface area contributed by atoms with E-state index in [2.05, 4.69) is 4.98 Å². The predicted molar refractivity (Wildman–Crippen MR) is 86.0 cm³/mol. The number of nitrogen functional groups attached to an aromatic ring is 1. The van der Waals surface area contributed by atoms with E-state index in [0.717, 1.165) is 5.56 Å². The molecule has 0 fully saturated rings. The van der Waals surface area contributed by atoms with Crippen molar-refractivity contribution in [2.24, 2.45) is 0 Å². The van der Waals surface area contributed by atoms with Crippen LogP contribution in [0.1, 0.15) is 19.4 Å². The fourth-order valence-electron chi connectivity index (χ4n) is 2.41. The Hall–Kier alpha value is -2.27. The molecule has 6 heteroatoms. The Bertz CT molecular complexity index is 746. The zero-order chi connectivity index (χ0) is 15.9. The number of benzene rings is 1. The molecule has 1 aliphatic heterocycles. The Morgan fingerprint density at radius 2 is 2.00 bits per heavy atom. The van der Waals surface area contributed by atoms with Crippen molar-refractivity contribution in [3.8, 4) is 5.75 Å². The predicted octanol–water partition coefficient (Wildman–Crippen LogP) is 3.02. The van der Waals surface area contributed by atoms with Crippen molar-refractivity contribution in [1.82, 2.24) is 4.98 Å². The van der Waals surface area contributed by atoms with E-state index >= 15 is 0 Å². The highest BCUT2D eigenvalue weighted by Gasteiger charge is 2.41. The zero-order valence-electron chi connectivity index (χ0n) is 12.3. The summed E-state index contributed by atoms with van der Waals surface area (Å²) in [6.45, 7) is 3.78. The molecule has 0 saturated heterocycles. The van der Waals surface area contributed by atoms with Gasteiger partial charge in [-0.15, -0.1) is 0 Å². The lowest BCUT2D eigenvalue weighted by Crippen LogP contribution is -2.52. The minimum Gasteiger partial charge on any atom is -0.474 e.